The van der Waals surface area contributed by atoms with Gasteiger partial charge in [-0.15, -0.1) is 0 Å². The zero-order valence-corrected chi connectivity index (χ0v) is 24.5. The highest BCUT2D eigenvalue weighted by atomic mass is 35.5. The molecule has 0 aliphatic heterocycles. The number of anilines is 1. The fourth-order valence-electron chi connectivity index (χ4n) is 4.15. The molecular formula is C28H40ClN3O4S. The highest BCUT2D eigenvalue weighted by Gasteiger charge is 2.31. The lowest BCUT2D eigenvalue weighted by Gasteiger charge is -2.33. The van der Waals surface area contributed by atoms with Crippen LogP contribution in [0.3, 0.4) is 0 Å². The van der Waals surface area contributed by atoms with E-state index in [-0.39, 0.29) is 31.3 Å². The highest BCUT2D eigenvalue weighted by molar-refractivity contribution is 7.92. The normalized spacial score (nSPS) is 12.6. The summed E-state index contributed by atoms with van der Waals surface area (Å²) in [5, 5.41) is 3.58. The molecule has 7 nitrogen and oxygen atoms in total. The van der Waals surface area contributed by atoms with E-state index in [1.807, 2.05) is 65.8 Å². The molecular weight excluding hydrogens is 510 g/mol. The zero-order valence-electron chi connectivity index (χ0n) is 23.0. The van der Waals surface area contributed by atoms with Gasteiger partial charge < -0.3 is 10.2 Å². The Balaban J connectivity index is 2.27. The van der Waals surface area contributed by atoms with E-state index < -0.39 is 21.6 Å². The summed E-state index contributed by atoms with van der Waals surface area (Å²) >= 11 is 6.03. The van der Waals surface area contributed by atoms with Gasteiger partial charge in [-0.25, -0.2) is 8.42 Å². The summed E-state index contributed by atoms with van der Waals surface area (Å²) in [7, 11) is -3.55. The van der Waals surface area contributed by atoms with Crippen molar-refractivity contribution in [2.45, 2.75) is 78.9 Å². The van der Waals surface area contributed by atoms with E-state index in [0.717, 1.165) is 16.7 Å². The van der Waals surface area contributed by atoms with E-state index in [2.05, 4.69) is 5.32 Å². The van der Waals surface area contributed by atoms with Gasteiger partial charge in [0.25, 0.3) is 0 Å². The summed E-state index contributed by atoms with van der Waals surface area (Å²) in [6.45, 7) is 11.8. The van der Waals surface area contributed by atoms with Crippen LogP contribution in [0.4, 0.5) is 5.69 Å². The number of amides is 2. The van der Waals surface area contributed by atoms with Crippen LogP contribution >= 0.6 is 11.6 Å². The monoisotopic (exact) mass is 549 g/mol. The lowest BCUT2D eigenvalue weighted by molar-refractivity contribution is -0.142. The van der Waals surface area contributed by atoms with Crippen molar-refractivity contribution in [1.29, 1.82) is 0 Å². The Morgan fingerprint density at radius 2 is 1.68 bits per heavy atom. The molecule has 37 heavy (non-hydrogen) atoms. The van der Waals surface area contributed by atoms with Gasteiger partial charge in [-0.3, -0.25) is 13.9 Å². The first-order chi connectivity index (χ1) is 17.1. The fourth-order valence-corrected chi connectivity index (χ4v) is 5.29. The molecule has 0 unspecified atom stereocenters. The number of nitrogens with one attached hydrogen (secondary N) is 1. The molecule has 1 N–H and O–H groups in total. The van der Waals surface area contributed by atoms with Crippen LogP contribution in [0.1, 0.15) is 63.6 Å². The summed E-state index contributed by atoms with van der Waals surface area (Å²) in [6, 6.07) is 12.1. The van der Waals surface area contributed by atoms with Crippen molar-refractivity contribution in [3.63, 3.8) is 0 Å². The van der Waals surface area contributed by atoms with Crippen LogP contribution < -0.4 is 9.62 Å². The number of rotatable bonds is 11. The molecule has 2 amide bonds. The first-order valence-electron chi connectivity index (χ1n) is 12.5. The van der Waals surface area contributed by atoms with Gasteiger partial charge in [0.15, 0.2) is 0 Å². The lowest BCUT2D eigenvalue weighted by atomic mass is 10.0. The summed E-state index contributed by atoms with van der Waals surface area (Å²) in [4.78, 5) is 28.3. The molecule has 0 saturated heterocycles. The van der Waals surface area contributed by atoms with Crippen molar-refractivity contribution in [2.24, 2.45) is 0 Å². The molecule has 0 fully saturated rings. The van der Waals surface area contributed by atoms with Crippen molar-refractivity contribution >= 4 is 39.1 Å². The number of nitrogens with zero attached hydrogens (tertiary/aromatic N) is 2. The number of halogens is 1. The Morgan fingerprint density at radius 3 is 2.22 bits per heavy atom. The molecule has 0 radical (unpaired) electrons. The first kappa shape index (κ1) is 30.6. The maximum Gasteiger partial charge on any atom is 0.243 e. The molecule has 2 aromatic rings. The first-order valence-corrected chi connectivity index (χ1v) is 14.8. The fraction of sp³-hybridized carbons (Fsp3) is 0.500. The second-order valence-corrected chi connectivity index (χ2v) is 12.8. The molecule has 0 aliphatic carbocycles. The van der Waals surface area contributed by atoms with Gasteiger partial charge in [-0.05, 0) is 82.3 Å². The minimum absolute atomic E-state index is 0.101. The molecule has 9 heteroatoms. The average Bonchev–Trinajstić information content (AvgIpc) is 2.78. The number of carbonyl (C=O) groups is 2. The molecule has 0 heterocycles. The quantitative estimate of drug-likeness (QED) is 0.416. The van der Waals surface area contributed by atoms with Crippen LogP contribution in [0.2, 0.25) is 5.02 Å². The van der Waals surface area contributed by atoms with Crippen molar-refractivity contribution < 1.29 is 18.0 Å². The van der Waals surface area contributed by atoms with Gasteiger partial charge in [0.1, 0.15) is 6.04 Å². The van der Waals surface area contributed by atoms with E-state index >= 15 is 0 Å². The molecule has 0 aromatic heterocycles. The van der Waals surface area contributed by atoms with Crippen LogP contribution in [-0.2, 0) is 26.2 Å². The summed E-state index contributed by atoms with van der Waals surface area (Å²) in [6.07, 6.45) is 2.03. The maximum absolute atomic E-state index is 13.5. The Hall–Kier alpha value is -2.58. The predicted octanol–water partition coefficient (Wildman–Crippen LogP) is 5.23. The topological polar surface area (TPSA) is 86.8 Å². The SMILES string of the molecule is CC[C@@H](C(=O)NC(C)(C)C)N(Cc1ccc(Cl)cc1)C(=O)CCCN(c1cccc(C)c1C)S(C)(=O)=O. The highest BCUT2D eigenvalue weighted by Crippen LogP contribution is 2.26. The van der Waals surface area contributed by atoms with Crippen LogP contribution in [0.15, 0.2) is 42.5 Å². The Kier molecular flexibility index (Phi) is 10.6. The number of carbonyl (C=O) groups excluding carboxylic acids is 2. The molecule has 0 aliphatic rings. The molecule has 0 saturated carbocycles. The van der Waals surface area contributed by atoms with E-state index in [9.17, 15) is 18.0 Å². The van der Waals surface area contributed by atoms with E-state index in [4.69, 9.17) is 11.6 Å². The molecule has 0 bridgehead atoms. The van der Waals surface area contributed by atoms with Crippen molar-refractivity contribution in [3.8, 4) is 0 Å². The summed E-state index contributed by atoms with van der Waals surface area (Å²) in [5.74, 6) is -0.425. The van der Waals surface area contributed by atoms with Gasteiger partial charge in [0.2, 0.25) is 21.8 Å². The van der Waals surface area contributed by atoms with Crippen LogP contribution in [0, 0.1) is 13.8 Å². The zero-order chi connectivity index (χ0) is 28.0. The minimum Gasteiger partial charge on any atom is -0.350 e. The van der Waals surface area contributed by atoms with Gasteiger partial charge in [0, 0.05) is 30.1 Å². The third kappa shape index (κ3) is 9.04. The van der Waals surface area contributed by atoms with Crippen molar-refractivity contribution in [3.05, 3.63) is 64.2 Å². The molecule has 1 atom stereocenters. The summed E-state index contributed by atoms with van der Waals surface area (Å²) < 4.78 is 26.6. The summed E-state index contributed by atoms with van der Waals surface area (Å²) in [5.41, 5.74) is 2.90. The third-order valence-electron chi connectivity index (χ3n) is 6.15. The Labute approximate surface area is 227 Å². The van der Waals surface area contributed by atoms with Crippen LogP contribution in [0.5, 0.6) is 0 Å². The van der Waals surface area contributed by atoms with Crippen LogP contribution in [-0.4, -0.2) is 49.5 Å². The third-order valence-corrected chi connectivity index (χ3v) is 7.58. The smallest absolute Gasteiger partial charge is 0.243 e. The van der Waals surface area contributed by atoms with Crippen molar-refractivity contribution in [1.82, 2.24) is 10.2 Å². The molecule has 2 aromatic carbocycles. The Morgan fingerprint density at radius 1 is 1.05 bits per heavy atom. The average molecular weight is 550 g/mol. The molecule has 204 valence electrons. The van der Waals surface area contributed by atoms with E-state index in [1.54, 1.807) is 23.1 Å². The predicted molar refractivity (Wildman–Crippen MR) is 151 cm³/mol. The molecule has 0 spiro atoms. The maximum atomic E-state index is 13.5. The standard InChI is InChI=1S/C28H40ClN3O4S/c1-8-24(27(34)30-28(4,5)6)31(19-22-14-16-23(29)17-15-22)26(33)13-10-18-32(37(7,35)36)25-12-9-11-20(2)21(25)3/h9,11-12,14-17,24H,8,10,13,18-19H2,1-7H3,(H,30,34)/t24-/m0/s1. The lowest BCUT2D eigenvalue weighted by Crippen LogP contribution is -2.53. The van der Waals surface area contributed by atoms with Gasteiger partial charge >= 0.3 is 0 Å². The van der Waals surface area contributed by atoms with Gasteiger partial charge in [0.05, 0.1) is 11.9 Å². The minimum atomic E-state index is -3.55. The van der Waals surface area contributed by atoms with E-state index in [0.29, 0.717) is 23.6 Å². The number of aryl methyl sites for hydroxylation is 1. The number of hydrogen-bond acceptors (Lipinski definition) is 4. The number of sulfonamides is 1. The number of hydrogen-bond donors (Lipinski definition) is 1. The van der Waals surface area contributed by atoms with Gasteiger partial charge in [-0.1, -0.05) is 42.8 Å². The second-order valence-electron chi connectivity index (χ2n) is 10.5. The number of benzene rings is 2. The largest absolute Gasteiger partial charge is 0.350 e. The van der Waals surface area contributed by atoms with Gasteiger partial charge in [-0.2, -0.15) is 0 Å². The van der Waals surface area contributed by atoms with Crippen molar-refractivity contribution in [2.75, 3.05) is 17.1 Å². The second kappa shape index (κ2) is 12.8. The Bertz CT molecular complexity index is 1190. The van der Waals surface area contributed by atoms with E-state index in [1.165, 1.54) is 10.6 Å². The van der Waals surface area contributed by atoms with Crippen LogP contribution in [0.25, 0.3) is 0 Å². The molecule has 2 rings (SSSR count).